The van der Waals surface area contributed by atoms with Gasteiger partial charge in [0, 0.05) is 11.4 Å². The predicted octanol–water partition coefficient (Wildman–Crippen LogP) is 4.25. The lowest BCUT2D eigenvalue weighted by atomic mass is 10.2. The number of hydrogen-bond acceptors (Lipinski definition) is 4. The van der Waals surface area contributed by atoms with E-state index in [4.69, 9.17) is 4.74 Å². The van der Waals surface area contributed by atoms with E-state index in [-0.39, 0.29) is 0 Å². The van der Waals surface area contributed by atoms with Crippen LogP contribution in [0.4, 0.5) is 10.5 Å². The molecule has 0 saturated carbocycles. The Labute approximate surface area is 152 Å². The maximum atomic E-state index is 11.3. The van der Waals surface area contributed by atoms with Crippen LogP contribution >= 0.6 is 0 Å². The third kappa shape index (κ3) is 4.03. The summed E-state index contributed by atoms with van der Waals surface area (Å²) in [5, 5.41) is 7.26. The van der Waals surface area contributed by atoms with E-state index >= 15 is 0 Å². The number of para-hydroxylation sites is 1. The summed E-state index contributed by atoms with van der Waals surface area (Å²) in [7, 11) is 1.33. The zero-order valence-electron chi connectivity index (χ0n) is 15.0. The van der Waals surface area contributed by atoms with Crippen LogP contribution in [0.5, 0.6) is 5.75 Å². The number of amides is 1. The van der Waals surface area contributed by atoms with Gasteiger partial charge in [-0.3, -0.25) is 5.32 Å². The Bertz CT molecular complexity index is 904. The summed E-state index contributed by atoms with van der Waals surface area (Å²) in [6.45, 7) is 4.28. The van der Waals surface area contributed by atoms with Crippen LogP contribution in [0.3, 0.4) is 0 Å². The second kappa shape index (κ2) is 7.74. The van der Waals surface area contributed by atoms with Crippen LogP contribution in [0.15, 0.2) is 54.6 Å². The topological polar surface area (TPSA) is 65.4 Å². The van der Waals surface area contributed by atoms with Crippen molar-refractivity contribution in [3.8, 4) is 11.4 Å². The van der Waals surface area contributed by atoms with E-state index in [1.165, 1.54) is 7.11 Å². The minimum absolute atomic E-state index is 0.365. The second-order valence-electron chi connectivity index (χ2n) is 5.91. The number of aryl methyl sites for hydroxylation is 2. The summed E-state index contributed by atoms with van der Waals surface area (Å²) in [6.07, 6.45) is -0.497. The van der Waals surface area contributed by atoms with Crippen molar-refractivity contribution in [1.82, 2.24) is 9.78 Å². The fraction of sp³-hybridized carbons (Fsp3) is 0.200. The van der Waals surface area contributed by atoms with E-state index in [2.05, 4.69) is 15.2 Å². The summed E-state index contributed by atoms with van der Waals surface area (Å²) in [5.74, 6) is 0.713. The SMILES string of the molecule is COC(=O)Nc1ccc(OCc2cc(C)n(-c3ccccc3)n2)cc1C. The third-order valence-corrected chi connectivity index (χ3v) is 3.95. The molecule has 0 radical (unpaired) electrons. The van der Waals surface area contributed by atoms with Gasteiger partial charge < -0.3 is 9.47 Å². The Kier molecular flexibility index (Phi) is 5.22. The van der Waals surface area contributed by atoms with Gasteiger partial charge in [0.15, 0.2) is 0 Å². The zero-order chi connectivity index (χ0) is 18.5. The molecule has 1 aromatic heterocycles. The highest BCUT2D eigenvalue weighted by molar-refractivity contribution is 5.85. The van der Waals surface area contributed by atoms with Crippen LogP contribution in [0, 0.1) is 13.8 Å². The van der Waals surface area contributed by atoms with Gasteiger partial charge in [-0.25, -0.2) is 9.48 Å². The highest BCUT2D eigenvalue weighted by Gasteiger charge is 2.08. The molecule has 0 bridgehead atoms. The molecular weight excluding hydrogens is 330 g/mol. The number of rotatable bonds is 5. The average molecular weight is 351 g/mol. The van der Waals surface area contributed by atoms with Gasteiger partial charge in [0.25, 0.3) is 0 Å². The van der Waals surface area contributed by atoms with Crippen molar-refractivity contribution < 1.29 is 14.3 Å². The Balaban J connectivity index is 1.68. The number of carbonyl (C=O) groups is 1. The molecule has 0 unspecified atom stereocenters. The lowest BCUT2D eigenvalue weighted by Gasteiger charge is -2.10. The van der Waals surface area contributed by atoms with Crippen molar-refractivity contribution in [2.45, 2.75) is 20.5 Å². The summed E-state index contributed by atoms with van der Waals surface area (Å²) in [5.41, 5.74) is 4.49. The fourth-order valence-corrected chi connectivity index (χ4v) is 2.62. The molecule has 0 aliphatic heterocycles. The molecule has 0 fully saturated rings. The monoisotopic (exact) mass is 351 g/mol. The maximum absolute atomic E-state index is 11.3. The molecule has 0 aliphatic rings. The molecule has 1 heterocycles. The van der Waals surface area contributed by atoms with Gasteiger partial charge in [-0.1, -0.05) is 18.2 Å². The number of hydrogen-bond donors (Lipinski definition) is 1. The van der Waals surface area contributed by atoms with Gasteiger partial charge in [-0.05, 0) is 55.8 Å². The number of ether oxygens (including phenoxy) is 2. The smallest absolute Gasteiger partial charge is 0.411 e. The molecule has 0 aliphatic carbocycles. The van der Waals surface area contributed by atoms with E-state index in [9.17, 15) is 4.79 Å². The van der Waals surface area contributed by atoms with Crippen molar-refractivity contribution in [2.75, 3.05) is 12.4 Å². The largest absolute Gasteiger partial charge is 0.487 e. The summed E-state index contributed by atoms with van der Waals surface area (Å²) in [4.78, 5) is 11.3. The zero-order valence-corrected chi connectivity index (χ0v) is 15.0. The first-order valence-electron chi connectivity index (χ1n) is 8.26. The van der Waals surface area contributed by atoms with Crippen molar-refractivity contribution in [3.05, 3.63) is 71.5 Å². The number of methoxy groups -OCH3 is 1. The van der Waals surface area contributed by atoms with Gasteiger partial charge in [-0.15, -0.1) is 0 Å². The standard InChI is InChI=1S/C20H21N3O3/c1-14-11-18(9-10-19(14)21-20(24)25-3)26-13-16-12-15(2)23(22-16)17-7-5-4-6-8-17/h4-12H,13H2,1-3H3,(H,21,24). The number of nitrogens with one attached hydrogen (secondary N) is 1. The lowest BCUT2D eigenvalue weighted by Crippen LogP contribution is -2.11. The minimum Gasteiger partial charge on any atom is -0.487 e. The first-order chi connectivity index (χ1) is 12.6. The number of anilines is 1. The first-order valence-corrected chi connectivity index (χ1v) is 8.26. The molecule has 26 heavy (non-hydrogen) atoms. The van der Waals surface area contributed by atoms with Crippen molar-refractivity contribution in [3.63, 3.8) is 0 Å². The van der Waals surface area contributed by atoms with E-state index in [0.717, 1.165) is 22.6 Å². The molecule has 1 N–H and O–H groups in total. The van der Waals surface area contributed by atoms with Crippen LogP contribution in [-0.2, 0) is 11.3 Å². The molecule has 0 atom stereocenters. The molecule has 6 heteroatoms. The van der Waals surface area contributed by atoms with Crippen molar-refractivity contribution in [1.29, 1.82) is 0 Å². The van der Waals surface area contributed by atoms with Crippen LogP contribution < -0.4 is 10.1 Å². The summed E-state index contributed by atoms with van der Waals surface area (Å²) >= 11 is 0. The molecular formula is C20H21N3O3. The van der Waals surface area contributed by atoms with Crippen molar-refractivity contribution >= 4 is 11.8 Å². The number of benzene rings is 2. The van der Waals surface area contributed by atoms with E-state index in [1.807, 2.05) is 61.0 Å². The van der Waals surface area contributed by atoms with Gasteiger partial charge >= 0.3 is 6.09 Å². The van der Waals surface area contributed by atoms with Gasteiger partial charge in [0.05, 0.1) is 12.8 Å². The number of nitrogens with zero attached hydrogens (tertiary/aromatic N) is 2. The molecule has 0 saturated heterocycles. The van der Waals surface area contributed by atoms with Gasteiger partial charge in [0.1, 0.15) is 18.1 Å². The molecule has 6 nitrogen and oxygen atoms in total. The molecule has 3 rings (SSSR count). The highest BCUT2D eigenvalue weighted by Crippen LogP contribution is 2.22. The van der Waals surface area contributed by atoms with Crippen LogP contribution in [0.25, 0.3) is 5.69 Å². The summed E-state index contributed by atoms with van der Waals surface area (Å²) < 4.78 is 12.3. The van der Waals surface area contributed by atoms with E-state index in [1.54, 1.807) is 12.1 Å². The first kappa shape index (κ1) is 17.5. The molecule has 3 aromatic rings. The molecule has 1 amide bonds. The van der Waals surface area contributed by atoms with E-state index in [0.29, 0.717) is 18.0 Å². The molecule has 0 spiro atoms. The fourth-order valence-electron chi connectivity index (χ4n) is 2.62. The van der Waals surface area contributed by atoms with Gasteiger partial charge in [0.2, 0.25) is 0 Å². The van der Waals surface area contributed by atoms with Gasteiger partial charge in [-0.2, -0.15) is 5.10 Å². The number of aromatic nitrogens is 2. The van der Waals surface area contributed by atoms with Crippen LogP contribution in [0.2, 0.25) is 0 Å². The second-order valence-corrected chi connectivity index (χ2v) is 5.91. The molecule has 2 aromatic carbocycles. The average Bonchev–Trinajstić information content (AvgIpc) is 3.03. The van der Waals surface area contributed by atoms with E-state index < -0.39 is 6.09 Å². The quantitative estimate of drug-likeness (QED) is 0.746. The highest BCUT2D eigenvalue weighted by atomic mass is 16.5. The van der Waals surface area contributed by atoms with Crippen LogP contribution in [-0.4, -0.2) is 23.0 Å². The normalized spacial score (nSPS) is 10.4. The van der Waals surface area contributed by atoms with Crippen molar-refractivity contribution in [2.24, 2.45) is 0 Å². The minimum atomic E-state index is -0.497. The predicted molar refractivity (Wildman–Crippen MR) is 99.8 cm³/mol. The Morgan fingerprint density at radius 2 is 1.88 bits per heavy atom. The third-order valence-electron chi connectivity index (χ3n) is 3.95. The summed E-state index contributed by atoms with van der Waals surface area (Å²) in [6, 6.07) is 17.4. The Hall–Kier alpha value is -3.28. The van der Waals surface area contributed by atoms with Crippen LogP contribution in [0.1, 0.15) is 17.0 Å². The molecule has 134 valence electrons. The maximum Gasteiger partial charge on any atom is 0.411 e. The Morgan fingerprint density at radius 3 is 2.58 bits per heavy atom. The number of carbonyl (C=O) groups excluding carboxylic acids is 1. The Morgan fingerprint density at radius 1 is 1.12 bits per heavy atom. The lowest BCUT2D eigenvalue weighted by molar-refractivity contribution is 0.187.